The van der Waals surface area contributed by atoms with Crippen molar-refractivity contribution in [3.63, 3.8) is 0 Å². The van der Waals surface area contributed by atoms with Crippen LogP contribution in [0.25, 0.3) is 0 Å². The van der Waals surface area contributed by atoms with E-state index >= 15 is 0 Å². The number of nitrogens with zero attached hydrogens (tertiary/aromatic N) is 1. The minimum absolute atomic E-state index is 0. The molecule has 0 saturated carbocycles. The largest absolute Gasteiger partial charge is 0.351 e. The maximum atomic E-state index is 12.3. The van der Waals surface area contributed by atoms with Crippen LogP contribution in [0.15, 0.2) is 48.8 Å². The van der Waals surface area contributed by atoms with E-state index in [-0.39, 0.29) is 42.1 Å². The summed E-state index contributed by atoms with van der Waals surface area (Å²) in [4.78, 5) is 16.4. The van der Waals surface area contributed by atoms with Crippen molar-refractivity contribution in [2.24, 2.45) is 0 Å². The average Bonchev–Trinajstić information content (AvgIpc) is 3.05. The van der Waals surface area contributed by atoms with Crippen LogP contribution in [0, 0.1) is 6.92 Å². The van der Waals surface area contributed by atoms with E-state index in [1.807, 2.05) is 30.5 Å². The van der Waals surface area contributed by atoms with Gasteiger partial charge in [0.05, 0.1) is 11.4 Å². The second kappa shape index (κ2) is 9.89. The Labute approximate surface area is 159 Å². The first-order valence-electron chi connectivity index (χ1n) is 7.33. The maximum absolute atomic E-state index is 12.3. The molecule has 1 fully saturated rings. The molecule has 0 bridgehead atoms. The van der Waals surface area contributed by atoms with Gasteiger partial charge in [-0.3, -0.25) is 15.1 Å². The number of thioether (sulfide) groups is 1. The number of aryl methyl sites for hydroxylation is 1. The number of carbonyl (C=O) groups excluding carboxylic acids is 1. The van der Waals surface area contributed by atoms with Crippen molar-refractivity contribution in [1.29, 1.82) is 0 Å². The predicted molar refractivity (Wildman–Crippen MR) is 104 cm³/mol. The highest BCUT2D eigenvalue weighted by Crippen LogP contribution is 2.32. The van der Waals surface area contributed by atoms with Crippen molar-refractivity contribution in [3.8, 4) is 0 Å². The summed E-state index contributed by atoms with van der Waals surface area (Å²) < 4.78 is 0. The van der Waals surface area contributed by atoms with E-state index in [0.29, 0.717) is 6.54 Å². The molecule has 1 aromatic heterocycles. The molecule has 2 heterocycles. The number of amides is 1. The van der Waals surface area contributed by atoms with Crippen molar-refractivity contribution in [2.45, 2.75) is 24.9 Å². The SMILES string of the molecule is Cc1ccc(CNC(=O)C2CSC(c3cccnc3)N2)cc1.Cl.Cl. The van der Waals surface area contributed by atoms with Crippen molar-refractivity contribution < 1.29 is 4.79 Å². The Morgan fingerprint density at radius 3 is 2.71 bits per heavy atom. The van der Waals surface area contributed by atoms with Crippen LogP contribution >= 0.6 is 36.6 Å². The van der Waals surface area contributed by atoms with Gasteiger partial charge < -0.3 is 5.32 Å². The molecular weight excluding hydrogens is 365 g/mol. The quantitative estimate of drug-likeness (QED) is 0.847. The third-order valence-electron chi connectivity index (χ3n) is 3.67. The van der Waals surface area contributed by atoms with Gasteiger partial charge in [-0.25, -0.2) is 0 Å². The third kappa shape index (κ3) is 5.38. The summed E-state index contributed by atoms with van der Waals surface area (Å²) in [6.07, 6.45) is 3.60. The number of hydrogen-bond donors (Lipinski definition) is 2. The van der Waals surface area contributed by atoms with Crippen molar-refractivity contribution in [3.05, 3.63) is 65.5 Å². The summed E-state index contributed by atoms with van der Waals surface area (Å²) in [5.74, 6) is 0.832. The number of hydrogen-bond acceptors (Lipinski definition) is 4. The minimum Gasteiger partial charge on any atom is -0.351 e. The molecule has 0 spiro atoms. The zero-order valence-corrected chi connectivity index (χ0v) is 15.7. The Morgan fingerprint density at radius 2 is 2.04 bits per heavy atom. The zero-order chi connectivity index (χ0) is 15.4. The van der Waals surface area contributed by atoms with Gasteiger partial charge in [0.25, 0.3) is 0 Å². The van der Waals surface area contributed by atoms with Gasteiger partial charge in [0.15, 0.2) is 0 Å². The molecule has 0 radical (unpaired) electrons. The lowest BCUT2D eigenvalue weighted by Gasteiger charge is -2.13. The Hall–Kier alpha value is -1.27. The number of halogens is 2. The molecule has 2 atom stereocenters. The third-order valence-corrected chi connectivity index (χ3v) is 4.94. The molecule has 0 aliphatic carbocycles. The Balaban J connectivity index is 0.00000144. The van der Waals surface area contributed by atoms with Crippen LogP contribution in [-0.2, 0) is 11.3 Å². The molecule has 2 N–H and O–H groups in total. The molecule has 130 valence electrons. The van der Waals surface area contributed by atoms with Crippen LogP contribution in [0.2, 0.25) is 0 Å². The molecule has 3 rings (SSSR count). The van der Waals surface area contributed by atoms with Crippen LogP contribution in [-0.4, -0.2) is 22.7 Å². The lowest BCUT2D eigenvalue weighted by atomic mass is 10.1. The van der Waals surface area contributed by atoms with Crippen LogP contribution < -0.4 is 10.6 Å². The van der Waals surface area contributed by atoms with Gasteiger partial charge in [-0.1, -0.05) is 35.9 Å². The number of aromatic nitrogens is 1. The summed E-state index contributed by atoms with van der Waals surface area (Å²) in [6.45, 7) is 2.63. The number of benzene rings is 1. The monoisotopic (exact) mass is 385 g/mol. The lowest BCUT2D eigenvalue weighted by molar-refractivity contribution is -0.122. The van der Waals surface area contributed by atoms with Gasteiger partial charge >= 0.3 is 0 Å². The van der Waals surface area contributed by atoms with Gasteiger partial charge in [0.1, 0.15) is 0 Å². The van der Waals surface area contributed by atoms with Crippen molar-refractivity contribution in [2.75, 3.05) is 5.75 Å². The average molecular weight is 386 g/mol. The molecule has 1 saturated heterocycles. The van der Waals surface area contributed by atoms with E-state index in [9.17, 15) is 4.79 Å². The molecule has 1 aliphatic heterocycles. The van der Waals surface area contributed by atoms with Gasteiger partial charge in [0, 0.05) is 24.7 Å². The van der Waals surface area contributed by atoms with E-state index in [1.54, 1.807) is 18.0 Å². The molecule has 2 unspecified atom stereocenters. The Kier molecular flexibility index (Phi) is 8.56. The number of nitrogens with one attached hydrogen (secondary N) is 2. The standard InChI is InChI=1S/C17H19N3OS.2ClH/c1-12-4-6-13(7-5-12)9-19-16(21)15-11-22-17(20-15)14-3-2-8-18-10-14;;/h2-8,10,15,17,20H,9,11H2,1H3,(H,19,21);2*1H. The fourth-order valence-corrected chi connectivity index (χ4v) is 3.59. The fourth-order valence-electron chi connectivity index (χ4n) is 2.36. The zero-order valence-electron chi connectivity index (χ0n) is 13.3. The molecule has 2 aromatic rings. The van der Waals surface area contributed by atoms with E-state index in [1.165, 1.54) is 5.56 Å². The normalized spacial score (nSPS) is 19.0. The molecular formula is C17H21Cl2N3OS. The predicted octanol–water partition coefficient (Wildman–Crippen LogP) is 3.25. The number of pyridine rings is 1. The summed E-state index contributed by atoms with van der Waals surface area (Å²) in [5, 5.41) is 6.51. The van der Waals surface area contributed by atoms with Crippen molar-refractivity contribution in [1.82, 2.24) is 15.6 Å². The summed E-state index contributed by atoms with van der Waals surface area (Å²) >= 11 is 1.74. The van der Waals surface area contributed by atoms with E-state index in [4.69, 9.17) is 0 Å². The minimum atomic E-state index is -0.152. The van der Waals surface area contributed by atoms with Crippen LogP contribution in [0.1, 0.15) is 22.1 Å². The first-order chi connectivity index (χ1) is 10.7. The Morgan fingerprint density at radius 1 is 1.29 bits per heavy atom. The van der Waals surface area contributed by atoms with Crippen molar-refractivity contribution >= 4 is 42.5 Å². The summed E-state index contributed by atoms with van der Waals surface area (Å²) in [6, 6.07) is 12.0. The molecule has 4 nitrogen and oxygen atoms in total. The first-order valence-corrected chi connectivity index (χ1v) is 8.38. The first kappa shape index (κ1) is 20.8. The van der Waals surface area contributed by atoms with E-state index in [0.717, 1.165) is 16.9 Å². The van der Waals surface area contributed by atoms with Gasteiger partial charge in [-0.2, -0.15) is 0 Å². The molecule has 1 amide bonds. The van der Waals surface area contributed by atoms with Crippen LogP contribution in [0.4, 0.5) is 0 Å². The molecule has 7 heteroatoms. The van der Waals surface area contributed by atoms with E-state index in [2.05, 4.69) is 34.7 Å². The second-order valence-corrected chi connectivity index (χ2v) is 6.56. The van der Waals surface area contributed by atoms with Gasteiger partial charge in [0.2, 0.25) is 5.91 Å². The highest BCUT2D eigenvalue weighted by atomic mass is 35.5. The van der Waals surface area contributed by atoms with E-state index < -0.39 is 0 Å². The Bertz CT molecular complexity index is 640. The summed E-state index contributed by atoms with van der Waals surface area (Å²) in [5.41, 5.74) is 3.46. The van der Waals surface area contributed by atoms with Gasteiger partial charge in [-0.05, 0) is 24.1 Å². The lowest BCUT2D eigenvalue weighted by Crippen LogP contribution is -2.42. The maximum Gasteiger partial charge on any atom is 0.238 e. The topological polar surface area (TPSA) is 54.0 Å². The fraction of sp³-hybridized carbons (Fsp3) is 0.294. The summed E-state index contributed by atoms with van der Waals surface area (Å²) in [7, 11) is 0. The van der Waals surface area contributed by atoms with Gasteiger partial charge in [-0.15, -0.1) is 36.6 Å². The molecule has 1 aromatic carbocycles. The van der Waals surface area contributed by atoms with Crippen LogP contribution in [0.3, 0.4) is 0 Å². The highest BCUT2D eigenvalue weighted by molar-refractivity contribution is 7.99. The second-order valence-electron chi connectivity index (χ2n) is 5.42. The number of rotatable bonds is 4. The number of carbonyl (C=O) groups is 1. The highest BCUT2D eigenvalue weighted by Gasteiger charge is 2.30. The van der Waals surface area contributed by atoms with Crippen LogP contribution in [0.5, 0.6) is 0 Å². The molecule has 1 aliphatic rings. The molecule has 24 heavy (non-hydrogen) atoms. The smallest absolute Gasteiger partial charge is 0.238 e.